The minimum atomic E-state index is -0.105. The number of nitrogens with zero attached hydrogens (tertiary/aromatic N) is 2. The fourth-order valence-corrected chi connectivity index (χ4v) is 3.11. The highest BCUT2D eigenvalue weighted by molar-refractivity contribution is 7.09. The van der Waals surface area contributed by atoms with E-state index in [-0.39, 0.29) is 30.7 Å². The Kier molecular flexibility index (Phi) is 14.0. The van der Waals surface area contributed by atoms with Crippen LogP contribution in [0.2, 0.25) is 0 Å². The topological polar surface area (TPSA) is 71.2 Å². The van der Waals surface area contributed by atoms with Crippen LogP contribution in [-0.2, 0) is 6.54 Å². The van der Waals surface area contributed by atoms with E-state index >= 15 is 0 Å². The SMILES string of the molecule is CCN(CC)C(CNC(=O)c1csc(CN)n1)CC(C)C.Cl.Cl. The molecule has 1 aromatic rings. The Morgan fingerprint density at radius 3 is 2.39 bits per heavy atom. The van der Waals surface area contributed by atoms with Crippen LogP contribution < -0.4 is 11.1 Å². The average Bonchev–Trinajstić information content (AvgIpc) is 2.94. The van der Waals surface area contributed by atoms with Gasteiger partial charge in [-0.25, -0.2) is 4.98 Å². The van der Waals surface area contributed by atoms with Gasteiger partial charge in [-0.1, -0.05) is 27.7 Å². The lowest BCUT2D eigenvalue weighted by molar-refractivity contribution is 0.0924. The molecule has 8 heteroatoms. The molecule has 0 aliphatic rings. The van der Waals surface area contributed by atoms with Crippen molar-refractivity contribution in [3.8, 4) is 0 Å². The van der Waals surface area contributed by atoms with Crippen LogP contribution in [0.25, 0.3) is 0 Å². The van der Waals surface area contributed by atoms with Crippen LogP contribution in [-0.4, -0.2) is 41.5 Å². The van der Waals surface area contributed by atoms with E-state index in [1.807, 2.05) is 0 Å². The number of hydrogen-bond acceptors (Lipinski definition) is 5. The van der Waals surface area contributed by atoms with Crippen LogP contribution >= 0.6 is 36.2 Å². The van der Waals surface area contributed by atoms with Crippen molar-refractivity contribution in [1.82, 2.24) is 15.2 Å². The normalized spacial score (nSPS) is 11.8. The molecular formula is C15H30Cl2N4OS. The summed E-state index contributed by atoms with van der Waals surface area (Å²) in [7, 11) is 0. The summed E-state index contributed by atoms with van der Waals surface area (Å²) >= 11 is 1.43. The minimum Gasteiger partial charge on any atom is -0.349 e. The van der Waals surface area contributed by atoms with Gasteiger partial charge in [0.2, 0.25) is 0 Å². The maximum atomic E-state index is 12.1. The molecule has 0 saturated heterocycles. The van der Waals surface area contributed by atoms with Gasteiger partial charge in [0.05, 0.1) is 0 Å². The first-order valence-electron chi connectivity index (χ1n) is 7.68. The third-order valence-electron chi connectivity index (χ3n) is 3.53. The summed E-state index contributed by atoms with van der Waals surface area (Å²) in [6, 6.07) is 0.372. The van der Waals surface area contributed by atoms with Crippen LogP contribution in [0.4, 0.5) is 0 Å². The van der Waals surface area contributed by atoms with Crippen molar-refractivity contribution in [3.05, 3.63) is 16.1 Å². The molecular weight excluding hydrogens is 355 g/mol. The van der Waals surface area contributed by atoms with Crippen LogP contribution in [0.1, 0.15) is 49.6 Å². The fraction of sp³-hybridized carbons (Fsp3) is 0.733. The predicted molar refractivity (Wildman–Crippen MR) is 103 cm³/mol. The largest absolute Gasteiger partial charge is 0.349 e. The maximum absolute atomic E-state index is 12.1. The van der Waals surface area contributed by atoms with Crippen LogP contribution in [0.15, 0.2) is 5.38 Å². The van der Waals surface area contributed by atoms with Gasteiger partial charge in [0.25, 0.3) is 5.91 Å². The first-order chi connectivity index (χ1) is 10.0. The molecule has 0 aromatic carbocycles. The molecule has 136 valence electrons. The Labute approximate surface area is 156 Å². The van der Waals surface area contributed by atoms with E-state index in [4.69, 9.17) is 5.73 Å². The second kappa shape index (κ2) is 13.0. The molecule has 1 heterocycles. The number of carbonyl (C=O) groups excluding carboxylic acids is 1. The van der Waals surface area contributed by atoms with Crippen molar-refractivity contribution in [1.29, 1.82) is 0 Å². The lowest BCUT2D eigenvalue weighted by Gasteiger charge is -2.31. The van der Waals surface area contributed by atoms with Crippen LogP contribution in [0, 0.1) is 5.92 Å². The molecule has 0 saturated carbocycles. The van der Waals surface area contributed by atoms with Crippen molar-refractivity contribution in [2.75, 3.05) is 19.6 Å². The van der Waals surface area contributed by atoms with E-state index in [0.717, 1.165) is 24.5 Å². The number of hydrogen-bond donors (Lipinski definition) is 2. The molecule has 0 radical (unpaired) electrons. The molecule has 1 atom stereocenters. The van der Waals surface area contributed by atoms with E-state index < -0.39 is 0 Å². The zero-order chi connectivity index (χ0) is 15.8. The number of amides is 1. The number of nitrogens with two attached hydrogens (primary N) is 1. The van der Waals surface area contributed by atoms with Crippen molar-refractivity contribution in [2.24, 2.45) is 11.7 Å². The van der Waals surface area contributed by atoms with Crippen LogP contribution in [0.5, 0.6) is 0 Å². The van der Waals surface area contributed by atoms with Crippen molar-refractivity contribution < 1.29 is 4.79 Å². The van der Waals surface area contributed by atoms with Crippen molar-refractivity contribution in [2.45, 2.75) is 46.7 Å². The minimum absolute atomic E-state index is 0. The van der Waals surface area contributed by atoms with E-state index in [1.54, 1.807) is 5.38 Å². The summed E-state index contributed by atoms with van der Waals surface area (Å²) in [5, 5.41) is 5.58. The lowest BCUT2D eigenvalue weighted by atomic mass is 10.0. The standard InChI is InChI=1S/C15H28N4OS.2ClH/c1-5-19(6-2)12(7-11(3)4)9-17-15(20)13-10-21-14(8-16)18-13;;/h10-12H,5-9,16H2,1-4H3,(H,17,20);2*1H. The zero-order valence-corrected chi connectivity index (χ0v) is 16.8. The Morgan fingerprint density at radius 2 is 1.96 bits per heavy atom. The van der Waals surface area contributed by atoms with Gasteiger partial charge in [0, 0.05) is 24.5 Å². The number of aromatic nitrogens is 1. The molecule has 0 bridgehead atoms. The highest BCUT2D eigenvalue weighted by atomic mass is 35.5. The fourth-order valence-electron chi connectivity index (χ4n) is 2.46. The number of halogens is 2. The number of carbonyl (C=O) groups is 1. The monoisotopic (exact) mass is 384 g/mol. The van der Waals surface area contributed by atoms with E-state index in [2.05, 4.69) is 42.9 Å². The third-order valence-corrected chi connectivity index (χ3v) is 4.40. The molecule has 3 N–H and O–H groups in total. The highest BCUT2D eigenvalue weighted by Gasteiger charge is 2.19. The number of nitrogens with one attached hydrogen (secondary N) is 1. The summed E-state index contributed by atoms with van der Waals surface area (Å²) in [5.41, 5.74) is 6.00. The summed E-state index contributed by atoms with van der Waals surface area (Å²) in [6.07, 6.45) is 1.08. The third kappa shape index (κ3) is 8.31. The number of thiazole rings is 1. The lowest BCUT2D eigenvalue weighted by Crippen LogP contribution is -2.44. The average molecular weight is 385 g/mol. The Hall–Kier alpha value is -0.400. The Balaban J connectivity index is 0. The second-order valence-corrected chi connectivity index (χ2v) is 6.49. The highest BCUT2D eigenvalue weighted by Crippen LogP contribution is 2.12. The van der Waals surface area contributed by atoms with Gasteiger partial charge in [0.1, 0.15) is 10.7 Å². The Morgan fingerprint density at radius 1 is 1.35 bits per heavy atom. The van der Waals surface area contributed by atoms with Gasteiger partial charge in [-0.2, -0.15) is 0 Å². The summed E-state index contributed by atoms with van der Waals surface area (Å²) in [4.78, 5) is 18.8. The van der Waals surface area contributed by atoms with Crippen molar-refractivity contribution >= 4 is 42.1 Å². The van der Waals surface area contributed by atoms with E-state index in [1.165, 1.54) is 11.3 Å². The van der Waals surface area contributed by atoms with Gasteiger partial charge in [-0.3, -0.25) is 9.69 Å². The second-order valence-electron chi connectivity index (χ2n) is 5.55. The van der Waals surface area contributed by atoms with Gasteiger partial charge >= 0.3 is 0 Å². The van der Waals surface area contributed by atoms with Crippen molar-refractivity contribution in [3.63, 3.8) is 0 Å². The first kappa shape index (κ1) is 24.8. The van der Waals surface area contributed by atoms with Gasteiger partial charge < -0.3 is 11.1 Å². The molecule has 0 spiro atoms. The molecule has 0 fully saturated rings. The summed E-state index contributed by atoms with van der Waals surface area (Å²) in [6.45, 7) is 11.8. The Bertz CT molecular complexity index is 439. The molecule has 0 aliphatic heterocycles. The van der Waals surface area contributed by atoms with E-state index in [9.17, 15) is 4.79 Å². The van der Waals surface area contributed by atoms with Gasteiger partial charge in [-0.05, 0) is 25.4 Å². The number of rotatable bonds is 9. The van der Waals surface area contributed by atoms with E-state index in [0.29, 0.717) is 30.7 Å². The molecule has 0 aliphatic carbocycles. The maximum Gasteiger partial charge on any atom is 0.270 e. The quantitative estimate of drug-likeness (QED) is 0.686. The molecule has 1 aromatic heterocycles. The summed E-state index contributed by atoms with van der Waals surface area (Å²) < 4.78 is 0. The smallest absolute Gasteiger partial charge is 0.270 e. The molecule has 1 unspecified atom stereocenters. The molecule has 1 amide bonds. The van der Waals surface area contributed by atoms with Gasteiger partial charge in [-0.15, -0.1) is 36.2 Å². The molecule has 1 rings (SSSR count). The predicted octanol–water partition coefficient (Wildman–Crippen LogP) is 2.93. The number of likely N-dealkylation sites (N-methyl/N-ethyl adjacent to an activating group) is 1. The molecule has 23 heavy (non-hydrogen) atoms. The zero-order valence-electron chi connectivity index (χ0n) is 14.4. The van der Waals surface area contributed by atoms with Gasteiger partial charge in [0.15, 0.2) is 0 Å². The summed E-state index contributed by atoms with van der Waals surface area (Å²) in [5.74, 6) is 0.502. The van der Waals surface area contributed by atoms with Crippen LogP contribution in [0.3, 0.4) is 0 Å². The first-order valence-corrected chi connectivity index (χ1v) is 8.56. The molecule has 5 nitrogen and oxygen atoms in total.